The average molecular weight is 259 g/mol. The molecule has 0 aromatic heterocycles. The number of hydrogen-bond acceptors (Lipinski definition) is 3. The Morgan fingerprint density at radius 3 is 2.84 bits per heavy atom. The van der Waals surface area contributed by atoms with Gasteiger partial charge < -0.3 is 11.1 Å². The van der Waals surface area contributed by atoms with E-state index in [2.05, 4.69) is 36.3 Å². The normalized spacial score (nSPS) is 23.9. The first-order valence-corrected chi connectivity index (χ1v) is 7.40. The lowest BCUT2D eigenvalue weighted by Crippen LogP contribution is -2.22. The highest BCUT2D eigenvalue weighted by molar-refractivity contribution is 5.66. The van der Waals surface area contributed by atoms with E-state index in [1.165, 1.54) is 32.1 Å². The van der Waals surface area contributed by atoms with E-state index in [4.69, 9.17) is 5.73 Å². The van der Waals surface area contributed by atoms with Crippen LogP contribution < -0.4 is 11.1 Å². The molecule has 1 heterocycles. The summed E-state index contributed by atoms with van der Waals surface area (Å²) in [7, 11) is 0. The van der Waals surface area contributed by atoms with Gasteiger partial charge in [-0.15, -0.1) is 0 Å². The van der Waals surface area contributed by atoms with Crippen LogP contribution in [-0.4, -0.2) is 6.34 Å². The SMILES string of the molecule is CC/C=C\C1=C(C)NC=N/C1=C(\N)C1CCCCC1. The van der Waals surface area contributed by atoms with Gasteiger partial charge in [0.2, 0.25) is 0 Å². The fraction of sp³-hybridized carbons (Fsp3) is 0.562. The van der Waals surface area contributed by atoms with Crippen molar-refractivity contribution in [1.82, 2.24) is 5.32 Å². The Balaban J connectivity index is 2.30. The summed E-state index contributed by atoms with van der Waals surface area (Å²) >= 11 is 0. The molecule has 3 heteroatoms. The standard InChI is InChI=1S/C16H25N3/c1-3-4-10-14-12(2)18-11-19-16(14)15(17)13-8-6-5-7-9-13/h4,10-11,13H,3,5-9,17H2,1-2H3,(H,18,19)/b10-4-,16-15-. The summed E-state index contributed by atoms with van der Waals surface area (Å²) in [4.78, 5) is 4.50. The Morgan fingerprint density at radius 2 is 2.16 bits per heavy atom. The zero-order valence-corrected chi connectivity index (χ0v) is 12.1. The number of rotatable bonds is 3. The first-order valence-electron chi connectivity index (χ1n) is 7.40. The minimum atomic E-state index is 0.511. The van der Waals surface area contributed by atoms with Crippen molar-refractivity contribution in [3.8, 4) is 0 Å². The molecule has 0 unspecified atom stereocenters. The third-order valence-corrected chi connectivity index (χ3v) is 3.97. The number of hydrogen-bond donors (Lipinski definition) is 2. The van der Waals surface area contributed by atoms with Crippen LogP contribution in [0.3, 0.4) is 0 Å². The van der Waals surface area contributed by atoms with Gasteiger partial charge in [0.05, 0.1) is 12.0 Å². The third kappa shape index (κ3) is 3.28. The molecule has 0 aromatic carbocycles. The van der Waals surface area contributed by atoms with Crippen molar-refractivity contribution in [1.29, 1.82) is 0 Å². The van der Waals surface area contributed by atoms with E-state index in [0.717, 1.165) is 29.1 Å². The summed E-state index contributed by atoms with van der Waals surface area (Å²) in [5, 5.41) is 3.18. The van der Waals surface area contributed by atoms with Crippen molar-refractivity contribution < 1.29 is 0 Å². The minimum Gasteiger partial charge on any atom is -0.400 e. The second-order valence-electron chi connectivity index (χ2n) is 5.39. The van der Waals surface area contributed by atoms with Crippen molar-refractivity contribution >= 4 is 6.34 Å². The molecule has 2 aliphatic rings. The first-order chi connectivity index (χ1) is 9.24. The molecular formula is C16H25N3. The Labute approximate surface area is 116 Å². The number of aliphatic imine (C=N–C) groups is 1. The highest BCUT2D eigenvalue weighted by atomic mass is 15.0. The van der Waals surface area contributed by atoms with Gasteiger partial charge in [-0.05, 0) is 26.2 Å². The quantitative estimate of drug-likeness (QED) is 0.813. The van der Waals surface area contributed by atoms with Crippen LogP contribution >= 0.6 is 0 Å². The average Bonchev–Trinajstić information content (AvgIpc) is 2.46. The molecule has 1 aliphatic heterocycles. The molecule has 0 saturated heterocycles. The predicted octanol–water partition coefficient (Wildman–Crippen LogP) is 3.61. The summed E-state index contributed by atoms with van der Waals surface area (Å²) in [6.07, 6.45) is 13.4. The van der Waals surface area contributed by atoms with Crippen LogP contribution in [0.1, 0.15) is 52.4 Å². The molecule has 104 valence electrons. The van der Waals surface area contributed by atoms with Gasteiger partial charge >= 0.3 is 0 Å². The maximum Gasteiger partial charge on any atom is 0.0929 e. The Morgan fingerprint density at radius 1 is 1.42 bits per heavy atom. The van der Waals surface area contributed by atoms with E-state index < -0.39 is 0 Å². The molecule has 3 N–H and O–H groups in total. The topological polar surface area (TPSA) is 50.4 Å². The van der Waals surface area contributed by atoms with Crippen molar-refractivity contribution in [2.45, 2.75) is 52.4 Å². The Bertz CT molecular complexity index is 435. The number of nitrogens with two attached hydrogens (primary N) is 1. The van der Waals surface area contributed by atoms with Crippen LogP contribution in [0.15, 0.2) is 39.8 Å². The molecule has 1 aliphatic carbocycles. The minimum absolute atomic E-state index is 0.511. The van der Waals surface area contributed by atoms with Gasteiger partial charge in [-0.3, -0.25) is 0 Å². The predicted molar refractivity (Wildman–Crippen MR) is 81.5 cm³/mol. The van der Waals surface area contributed by atoms with Crippen molar-refractivity contribution in [3.05, 3.63) is 34.8 Å². The largest absolute Gasteiger partial charge is 0.400 e. The molecule has 0 aromatic rings. The molecule has 2 rings (SSSR count). The van der Waals surface area contributed by atoms with Crippen LogP contribution in [0, 0.1) is 5.92 Å². The molecule has 1 saturated carbocycles. The maximum absolute atomic E-state index is 6.42. The number of allylic oxidation sites excluding steroid dienone is 4. The molecule has 0 spiro atoms. The fourth-order valence-corrected chi connectivity index (χ4v) is 2.80. The Hall–Kier alpha value is -1.51. The van der Waals surface area contributed by atoms with E-state index in [1.807, 2.05) is 0 Å². The van der Waals surface area contributed by atoms with Gasteiger partial charge in [-0.2, -0.15) is 0 Å². The van der Waals surface area contributed by atoms with E-state index >= 15 is 0 Å². The first kappa shape index (κ1) is 13.9. The van der Waals surface area contributed by atoms with Crippen LogP contribution in [0.2, 0.25) is 0 Å². The lowest BCUT2D eigenvalue weighted by molar-refractivity contribution is 0.398. The highest BCUT2D eigenvalue weighted by Gasteiger charge is 2.21. The van der Waals surface area contributed by atoms with Gasteiger partial charge in [0.1, 0.15) is 0 Å². The molecule has 3 nitrogen and oxygen atoms in total. The van der Waals surface area contributed by atoms with E-state index in [1.54, 1.807) is 6.34 Å². The lowest BCUT2D eigenvalue weighted by Gasteiger charge is -2.25. The van der Waals surface area contributed by atoms with Gasteiger partial charge in [-0.25, -0.2) is 4.99 Å². The summed E-state index contributed by atoms with van der Waals surface area (Å²) in [5.74, 6) is 0.511. The van der Waals surface area contributed by atoms with Crippen LogP contribution in [0.5, 0.6) is 0 Å². The summed E-state index contributed by atoms with van der Waals surface area (Å²) in [6, 6.07) is 0. The molecule has 19 heavy (non-hydrogen) atoms. The van der Waals surface area contributed by atoms with Gasteiger partial charge in [-0.1, -0.05) is 38.3 Å². The lowest BCUT2D eigenvalue weighted by atomic mass is 9.85. The second kappa shape index (κ2) is 6.60. The van der Waals surface area contributed by atoms with Crippen LogP contribution in [0.25, 0.3) is 0 Å². The molecule has 0 bridgehead atoms. The maximum atomic E-state index is 6.42. The Kier molecular flexibility index (Phi) is 4.83. The third-order valence-electron chi connectivity index (χ3n) is 3.97. The van der Waals surface area contributed by atoms with E-state index in [9.17, 15) is 0 Å². The zero-order valence-electron chi connectivity index (χ0n) is 12.1. The van der Waals surface area contributed by atoms with Crippen molar-refractivity contribution in [3.63, 3.8) is 0 Å². The molecule has 0 amide bonds. The molecule has 1 fully saturated rings. The van der Waals surface area contributed by atoms with E-state index in [-0.39, 0.29) is 0 Å². The fourth-order valence-electron chi connectivity index (χ4n) is 2.80. The van der Waals surface area contributed by atoms with Gasteiger partial charge in [0.25, 0.3) is 0 Å². The monoisotopic (exact) mass is 259 g/mol. The van der Waals surface area contributed by atoms with Crippen molar-refractivity contribution in [2.75, 3.05) is 0 Å². The van der Waals surface area contributed by atoms with E-state index in [0.29, 0.717) is 5.92 Å². The van der Waals surface area contributed by atoms with Crippen LogP contribution in [0.4, 0.5) is 0 Å². The molecular weight excluding hydrogens is 234 g/mol. The van der Waals surface area contributed by atoms with Crippen molar-refractivity contribution in [2.24, 2.45) is 16.6 Å². The molecule has 0 atom stereocenters. The highest BCUT2D eigenvalue weighted by Crippen LogP contribution is 2.32. The number of nitrogens with zero attached hydrogens (tertiary/aromatic N) is 1. The molecule has 0 radical (unpaired) electrons. The van der Waals surface area contributed by atoms with Gasteiger partial charge in [0, 0.05) is 22.9 Å². The summed E-state index contributed by atoms with van der Waals surface area (Å²) in [6.45, 7) is 4.22. The van der Waals surface area contributed by atoms with Gasteiger partial charge in [0.15, 0.2) is 0 Å². The summed E-state index contributed by atoms with van der Waals surface area (Å²) in [5.41, 5.74) is 10.7. The number of nitrogens with one attached hydrogen (secondary N) is 1. The summed E-state index contributed by atoms with van der Waals surface area (Å²) < 4.78 is 0. The van der Waals surface area contributed by atoms with Crippen LogP contribution in [-0.2, 0) is 0 Å². The zero-order chi connectivity index (χ0) is 13.7. The second-order valence-corrected chi connectivity index (χ2v) is 5.39. The smallest absolute Gasteiger partial charge is 0.0929 e.